The van der Waals surface area contributed by atoms with Crippen LogP contribution in [0.5, 0.6) is 5.75 Å². The number of nitrogens with one attached hydrogen (secondary N) is 2. The Morgan fingerprint density at radius 2 is 1.91 bits per heavy atom. The zero-order valence-corrected chi connectivity index (χ0v) is 25.3. The molecule has 0 aliphatic heterocycles. The second kappa shape index (κ2) is 13.8. The Labute approximate surface area is 256 Å². The molecule has 1 aliphatic rings. The van der Waals surface area contributed by atoms with E-state index < -0.39 is 17.7 Å². The summed E-state index contributed by atoms with van der Waals surface area (Å²) >= 11 is 2.58. The van der Waals surface area contributed by atoms with Gasteiger partial charge in [-0.05, 0) is 68.5 Å². The SMILES string of the molecule is CCOC(=O)c1c(NC(=O)CSc2nnc(CNC(=O)c3cccc(F)c3)n2-c2ccccc2OC)sc2c1CCCC2. The fraction of sp³-hybridized carbons (Fsp3) is 0.300. The molecule has 0 spiro atoms. The maximum atomic E-state index is 13.6. The molecule has 0 atom stereocenters. The highest BCUT2D eigenvalue weighted by atomic mass is 32.2. The van der Waals surface area contributed by atoms with E-state index in [0.29, 0.717) is 33.0 Å². The first kappa shape index (κ1) is 30.2. The van der Waals surface area contributed by atoms with Gasteiger partial charge in [0, 0.05) is 10.4 Å². The number of carbonyl (C=O) groups is 3. The third kappa shape index (κ3) is 6.89. The number of hydrogen-bond donors (Lipinski definition) is 2. The quantitative estimate of drug-likeness (QED) is 0.173. The molecular formula is C30H30FN5O5S2. The summed E-state index contributed by atoms with van der Waals surface area (Å²) < 4.78 is 26.2. The van der Waals surface area contributed by atoms with Gasteiger partial charge >= 0.3 is 5.97 Å². The largest absolute Gasteiger partial charge is 0.495 e. The minimum atomic E-state index is -0.515. The van der Waals surface area contributed by atoms with Crippen LogP contribution >= 0.6 is 23.1 Å². The number of halogens is 1. The second-order valence-electron chi connectivity index (χ2n) is 9.57. The molecule has 0 saturated carbocycles. The molecule has 43 heavy (non-hydrogen) atoms. The van der Waals surface area contributed by atoms with E-state index in [0.717, 1.165) is 54.0 Å². The number of ether oxygens (including phenoxy) is 2. The van der Waals surface area contributed by atoms with Crippen molar-refractivity contribution >= 4 is 45.9 Å². The highest BCUT2D eigenvalue weighted by Crippen LogP contribution is 2.39. The smallest absolute Gasteiger partial charge is 0.341 e. The minimum Gasteiger partial charge on any atom is -0.495 e. The van der Waals surface area contributed by atoms with Crippen molar-refractivity contribution < 1.29 is 28.2 Å². The summed E-state index contributed by atoms with van der Waals surface area (Å²) in [6.07, 6.45) is 3.69. The number of anilines is 1. The lowest BCUT2D eigenvalue weighted by molar-refractivity contribution is -0.113. The molecule has 4 aromatic rings. The molecule has 10 nitrogen and oxygen atoms in total. The summed E-state index contributed by atoms with van der Waals surface area (Å²) in [6, 6.07) is 12.6. The summed E-state index contributed by atoms with van der Waals surface area (Å²) in [4.78, 5) is 39.7. The van der Waals surface area contributed by atoms with Crippen LogP contribution in [0.4, 0.5) is 9.39 Å². The normalized spacial score (nSPS) is 12.3. The third-order valence-electron chi connectivity index (χ3n) is 6.76. The van der Waals surface area contributed by atoms with Crippen LogP contribution in [0.2, 0.25) is 0 Å². The average Bonchev–Trinajstić information content (AvgIpc) is 3.59. The lowest BCUT2D eigenvalue weighted by Crippen LogP contribution is -2.25. The zero-order chi connectivity index (χ0) is 30.3. The van der Waals surface area contributed by atoms with Crippen LogP contribution in [0.1, 0.15) is 56.7 Å². The maximum absolute atomic E-state index is 13.6. The molecule has 1 aliphatic carbocycles. The van der Waals surface area contributed by atoms with Gasteiger partial charge in [-0.25, -0.2) is 9.18 Å². The monoisotopic (exact) mass is 623 g/mol. The van der Waals surface area contributed by atoms with Crippen LogP contribution < -0.4 is 15.4 Å². The molecule has 2 N–H and O–H groups in total. The van der Waals surface area contributed by atoms with Gasteiger partial charge in [-0.15, -0.1) is 21.5 Å². The number of amides is 2. The first-order chi connectivity index (χ1) is 20.9. The second-order valence-corrected chi connectivity index (χ2v) is 11.6. The Morgan fingerprint density at radius 3 is 2.70 bits per heavy atom. The Balaban J connectivity index is 1.36. The van der Waals surface area contributed by atoms with Crippen LogP contribution in [-0.2, 0) is 28.9 Å². The number of thioether (sulfide) groups is 1. The number of para-hydroxylation sites is 2. The molecule has 224 valence electrons. The van der Waals surface area contributed by atoms with Crippen LogP contribution in [-0.4, -0.2) is 52.0 Å². The van der Waals surface area contributed by atoms with E-state index in [-0.39, 0.29) is 30.4 Å². The molecule has 0 fully saturated rings. The van der Waals surface area contributed by atoms with Gasteiger partial charge in [-0.2, -0.15) is 0 Å². The number of aryl methyl sites for hydroxylation is 1. The first-order valence-corrected chi connectivity index (χ1v) is 15.6. The van der Waals surface area contributed by atoms with E-state index in [9.17, 15) is 18.8 Å². The predicted octanol–water partition coefficient (Wildman–Crippen LogP) is 5.19. The Morgan fingerprint density at radius 1 is 1.09 bits per heavy atom. The van der Waals surface area contributed by atoms with Gasteiger partial charge in [0.1, 0.15) is 16.6 Å². The van der Waals surface area contributed by atoms with Gasteiger partial charge in [-0.1, -0.05) is 30.0 Å². The van der Waals surface area contributed by atoms with Crippen LogP contribution in [0.15, 0.2) is 53.7 Å². The van der Waals surface area contributed by atoms with Crippen LogP contribution in [0, 0.1) is 5.82 Å². The number of hydrogen-bond acceptors (Lipinski definition) is 9. The average molecular weight is 624 g/mol. The van der Waals surface area contributed by atoms with Crippen molar-refractivity contribution in [3.05, 3.63) is 81.7 Å². The van der Waals surface area contributed by atoms with Crippen molar-refractivity contribution in [1.82, 2.24) is 20.1 Å². The number of carbonyl (C=O) groups excluding carboxylic acids is 3. The van der Waals surface area contributed by atoms with Crippen LogP contribution in [0.3, 0.4) is 0 Å². The van der Waals surface area contributed by atoms with E-state index in [1.54, 1.807) is 17.6 Å². The highest BCUT2D eigenvalue weighted by molar-refractivity contribution is 7.99. The number of benzene rings is 2. The Hall–Kier alpha value is -4.23. The van der Waals surface area contributed by atoms with E-state index in [2.05, 4.69) is 20.8 Å². The zero-order valence-electron chi connectivity index (χ0n) is 23.6. The van der Waals surface area contributed by atoms with E-state index in [1.807, 2.05) is 18.2 Å². The molecule has 0 bridgehead atoms. The van der Waals surface area contributed by atoms with Crippen molar-refractivity contribution in [3.8, 4) is 11.4 Å². The van der Waals surface area contributed by atoms with Crippen molar-refractivity contribution in [2.45, 2.75) is 44.3 Å². The lowest BCUT2D eigenvalue weighted by atomic mass is 9.95. The van der Waals surface area contributed by atoms with Gasteiger partial charge in [-0.3, -0.25) is 14.2 Å². The molecule has 2 amide bonds. The summed E-state index contributed by atoms with van der Waals surface area (Å²) in [7, 11) is 1.54. The fourth-order valence-corrected chi connectivity index (χ4v) is 6.88. The van der Waals surface area contributed by atoms with Gasteiger partial charge in [0.15, 0.2) is 11.0 Å². The van der Waals surface area contributed by atoms with Crippen LogP contribution in [0.25, 0.3) is 5.69 Å². The molecule has 2 aromatic heterocycles. The topological polar surface area (TPSA) is 124 Å². The number of nitrogens with zero attached hydrogens (tertiary/aromatic N) is 3. The molecular weight excluding hydrogens is 593 g/mol. The molecule has 0 radical (unpaired) electrons. The Bertz CT molecular complexity index is 1650. The standard InChI is InChI=1S/C30H30FN5O5S2/c1-3-41-29(39)26-20-11-4-7-14-23(20)43-28(26)33-25(37)17-42-30-35-34-24(36(30)21-12-5-6-13-22(21)40-2)16-32-27(38)18-9-8-10-19(31)15-18/h5-6,8-10,12-13,15H,3-4,7,11,14,16-17H2,1-2H3,(H,32,38)(H,33,37). The number of aromatic nitrogens is 3. The van der Waals surface area contributed by atoms with E-state index in [1.165, 1.54) is 36.6 Å². The van der Waals surface area contributed by atoms with Gasteiger partial charge in [0.05, 0.1) is 37.3 Å². The van der Waals surface area contributed by atoms with Gasteiger partial charge < -0.3 is 20.1 Å². The lowest BCUT2D eigenvalue weighted by Gasteiger charge is -2.14. The summed E-state index contributed by atoms with van der Waals surface area (Å²) in [5, 5.41) is 15.1. The molecule has 13 heteroatoms. The van der Waals surface area contributed by atoms with Crippen molar-refractivity contribution in [2.24, 2.45) is 0 Å². The molecule has 2 heterocycles. The predicted molar refractivity (Wildman–Crippen MR) is 162 cm³/mol. The first-order valence-electron chi connectivity index (χ1n) is 13.7. The van der Waals surface area contributed by atoms with Crippen molar-refractivity contribution in [2.75, 3.05) is 24.8 Å². The van der Waals surface area contributed by atoms with Crippen molar-refractivity contribution in [3.63, 3.8) is 0 Å². The van der Waals surface area contributed by atoms with Crippen molar-refractivity contribution in [1.29, 1.82) is 0 Å². The number of rotatable bonds is 11. The number of esters is 1. The molecule has 0 unspecified atom stereocenters. The maximum Gasteiger partial charge on any atom is 0.341 e. The summed E-state index contributed by atoms with van der Waals surface area (Å²) in [6.45, 7) is 1.98. The summed E-state index contributed by atoms with van der Waals surface area (Å²) in [5.41, 5.74) is 2.21. The van der Waals surface area contributed by atoms with E-state index in [4.69, 9.17) is 9.47 Å². The summed E-state index contributed by atoms with van der Waals surface area (Å²) in [5.74, 6) is -0.830. The molecule has 2 aromatic carbocycles. The van der Waals surface area contributed by atoms with Gasteiger partial charge in [0.25, 0.3) is 5.91 Å². The van der Waals surface area contributed by atoms with Gasteiger partial charge in [0.2, 0.25) is 5.91 Å². The molecule has 0 saturated heterocycles. The number of thiophene rings is 1. The number of methoxy groups -OCH3 is 1. The minimum absolute atomic E-state index is 0.0171. The Kier molecular flexibility index (Phi) is 9.72. The number of fused-ring (bicyclic) bond motifs is 1. The third-order valence-corrected chi connectivity index (χ3v) is 8.89. The highest BCUT2D eigenvalue weighted by Gasteiger charge is 2.27. The fourth-order valence-electron chi connectivity index (χ4n) is 4.82. The molecule has 5 rings (SSSR count). The van der Waals surface area contributed by atoms with E-state index >= 15 is 0 Å².